The third-order valence-electron chi connectivity index (χ3n) is 7.58. The molecule has 1 fully saturated rings. The van der Waals surface area contributed by atoms with Crippen LogP contribution < -0.4 is 10.4 Å². The summed E-state index contributed by atoms with van der Waals surface area (Å²) in [5, 5.41) is 6.09. The van der Waals surface area contributed by atoms with Gasteiger partial charge in [0.15, 0.2) is 0 Å². The highest BCUT2D eigenvalue weighted by Gasteiger charge is 2.54. The summed E-state index contributed by atoms with van der Waals surface area (Å²) >= 11 is 0. The summed E-state index contributed by atoms with van der Waals surface area (Å²) < 4.78 is 7.26. The van der Waals surface area contributed by atoms with Crippen LogP contribution in [0, 0.1) is 0 Å². The Balaban J connectivity index is 1.56. The van der Waals surface area contributed by atoms with Crippen molar-refractivity contribution < 1.29 is 14.0 Å². The molecule has 1 unspecified atom stereocenters. The molecule has 1 heterocycles. The Bertz CT molecular complexity index is 1290. The average Bonchev–Trinajstić information content (AvgIpc) is 3.40. The first-order valence-corrected chi connectivity index (χ1v) is 14.5. The summed E-state index contributed by atoms with van der Waals surface area (Å²) in [5.41, 5.74) is 10.2. The SMILES string of the molecule is CC(C)(C)[Si](O[C@H]1C[C@H](N2C(=O)c3ccccc3C2=O)CC1N=[N+]=[N-])(c1ccccc1)c1ccccc1. The van der Waals surface area contributed by atoms with Crippen molar-refractivity contribution in [2.75, 3.05) is 0 Å². The Morgan fingerprint density at radius 1 is 0.838 bits per heavy atom. The van der Waals surface area contributed by atoms with Gasteiger partial charge in [0.1, 0.15) is 0 Å². The quantitative estimate of drug-likeness (QED) is 0.152. The van der Waals surface area contributed by atoms with E-state index in [4.69, 9.17) is 4.43 Å². The highest BCUT2D eigenvalue weighted by molar-refractivity contribution is 6.99. The van der Waals surface area contributed by atoms with Crippen molar-refractivity contribution in [2.45, 2.75) is 56.8 Å². The van der Waals surface area contributed by atoms with E-state index in [1.165, 1.54) is 4.90 Å². The van der Waals surface area contributed by atoms with Gasteiger partial charge in [0, 0.05) is 11.0 Å². The number of imide groups is 1. The smallest absolute Gasteiger partial charge is 0.261 e. The minimum Gasteiger partial charge on any atom is -0.404 e. The van der Waals surface area contributed by atoms with Gasteiger partial charge in [-0.1, -0.05) is 98.7 Å². The van der Waals surface area contributed by atoms with Gasteiger partial charge in [-0.15, -0.1) is 0 Å². The molecule has 0 saturated heterocycles. The predicted octanol–water partition coefficient (Wildman–Crippen LogP) is 5.07. The topological polar surface area (TPSA) is 95.4 Å². The summed E-state index contributed by atoms with van der Waals surface area (Å²) in [6, 6.07) is 26.5. The summed E-state index contributed by atoms with van der Waals surface area (Å²) in [6.07, 6.45) is 0.342. The Hall–Kier alpha value is -3.71. The van der Waals surface area contributed by atoms with Crippen LogP contribution in [0.3, 0.4) is 0 Å². The van der Waals surface area contributed by atoms with Crippen LogP contribution in [-0.4, -0.2) is 43.2 Å². The highest BCUT2D eigenvalue weighted by Crippen LogP contribution is 2.42. The molecule has 0 radical (unpaired) electrons. The van der Waals surface area contributed by atoms with Gasteiger partial charge in [0.2, 0.25) is 0 Å². The molecule has 0 aromatic heterocycles. The molecule has 7 nitrogen and oxygen atoms in total. The van der Waals surface area contributed by atoms with Gasteiger partial charge in [0.05, 0.1) is 23.3 Å². The molecule has 37 heavy (non-hydrogen) atoms. The minimum absolute atomic E-state index is 0.260. The average molecular weight is 511 g/mol. The van der Waals surface area contributed by atoms with Crippen molar-refractivity contribution in [2.24, 2.45) is 5.11 Å². The number of rotatable bonds is 6. The number of hydrogen-bond donors (Lipinski definition) is 0. The molecule has 5 rings (SSSR count). The van der Waals surface area contributed by atoms with Gasteiger partial charge in [-0.25, -0.2) is 0 Å². The van der Waals surface area contributed by atoms with Crippen molar-refractivity contribution >= 4 is 30.5 Å². The molecule has 2 amide bonds. The van der Waals surface area contributed by atoms with Gasteiger partial charge in [-0.05, 0) is 45.9 Å². The number of nitrogens with zero attached hydrogens (tertiary/aromatic N) is 4. The van der Waals surface area contributed by atoms with E-state index in [0.29, 0.717) is 24.0 Å². The predicted molar refractivity (Wildman–Crippen MR) is 145 cm³/mol. The van der Waals surface area contributed by atoms with E-state index in [-0.39, 0.29) is 16.9 Å². The number of carbonyl (C=O) groups is 2. The molecule has 3 aromatic carbocycles. The maximum absolute atomic E-state index is 13.2. The van der Waals surface area contributed by atoms with E-state index >= 15 is 0 Å². The van der Waals surface area contributed by atoms with Crippen LogP contribution in [0.4, 0.5) is 0 Å². The zero-order valence-corrected chi connectivity index (χ0v) is 22.2. The van der Waals surface area contributed by atoms with Crippen molar-refractivity contribution in [1.82, 2.24) is 4.90 Å². The van der Waals surface area contributed by atoms with Crippen LogP contribution in [0.25, 0.3) is 10.4 Å². The largest absolute Gasteiger partial charge is 0.404 e. The standard InChI is InChI=1S/C29H30N4O3Si/c1-29(2,3)37(21-12-6-4-7-13-21,22-14-8-5-9-15-22)36-26-19-20(18-25(26)31-32-30)33-27(34)23-16-10-11-17-24(23)28(33)35/h4-17,20,25-26H,18-19H2,1-3H3/t20-,25?,26+/m1/s1. The number of azide groups is 1. The lowest BCUT2D eigenvalue weighted by Gasteiger charge is -2.45. The summed E-state index contributed by atoms with van der Waals surface area (Å²) in [4.78, 5) is 30.9. The van der Waals surface area contributed by atoms with Crippen LogP contribution in [-0.2, 0) is 4.43 Å². The molecule has 3 atom stereocenters. The Morgan fingerprint density at radius 2 is 1.32 bits per heavy atom. The van der Waals surface area contributed by atoms with Crippen LogP contribution in [0.1, 0.15) is 54.3 Å². The first kappa shape index (κ1) is 25.0. The Morgan fingerprint density at radius 3 is 1.78 bits per heavy atom. The fourth-order valence-corrected chi connectivity index (χ4v) is 10.7. The lowest BCUT2D eigenvalue weighted by Crippen LogP contribution is -2.68. The van der Waals surface area contributed by atoms with Gasteiger partial charge < -0.3 is 4.43 Å². The molecule has 188 valence electrons. The van der Waals surface area contributed by atoms with Crippen LogP contribution in [0.2, 0.25) is 5.04 Å². The molecule has 0 bridgehead atoms. The highest BCUT2D eigenvalue weighted by atomic mass is 28.4. The van der Waals surface area contributed by atoms with Crippen molar-refractivity contribution in [3.05, 3.63) is 106 Å². The molecule has 8 heteroatoms. The number of benzene rings is 3. The number of amides is 2. The maximum atomic E-state index is 13.2. The van der Waals surface area contributed by atoms with Gasteiger partial charge in [-0.2, -0.15) is 0 Å². The number of fused-ring (bicyclic) bond motifs is 1. The lowest BCUT2D eigenvalue weighted by atomic mass is 10.1. The monoisotopic (exact) mass is 510 g/mol. The van der Waals surface area contributed by atoms with E-state index in [1.807, 2.05) is 36.4 Å². The number of carbonyl (C=O) groups excluding carboxylic acids is 2. The van der Waals surface area contributed by atoms with E-state index in [9.17, 15) is 15.1 Å². The van der Waals surface area contributed by atoms with Crippen LogP contribution >= 0.6 is 0 Å². The third kappa shape index (κ3) is 4.17. The van der Waals surface area contributed by atoms with Gasteiger partial charge >= 0.3 is 0 Å². The van der Waals surface area contributed by atoms with E-state index in [0.717, 1.165) is 10.4 Å². The Kier molecular flexibility index (Phi) is 6.50. The molecule has 2 aliphatic rings. The van der Waals surface area contributed by atoms with E-state index < -0.39 is 26.5 Å². The van der Waals surface area contributed by atoms with E-state index in [1.54, 1.807) is 24.3 Å². The second kappa shape index (κ2) is 9.63. The Labute approximate surface area is 217 Å². The molecular formula is C29H30N4O3Si. The summed E-state index contributed by atoms with van der Waals surface area (Å²) in [6.45, 7) is 6.58. The molecule has 0 spiro atoms. The van der Waals surface area contributed by atoms with E-state index in [2.05, 4.69) is 55.1 Å². The molecule has 0 N–H and O–H groups in total. The zero-order chi connectivity index (χ0) is 26.2. The maximum Gasteiger partial charge on any atom is 0.261 e. The third-order valence-corrected chi connectivity index (χ3v) is 12.6. The van der Waals surface area contributed by atoms with Crippen LogP contribution in [0.5, 0.6) is 0 Å². The second-order valence-electron chi connectivity index (χ2n) is 10.7. The molecule has 1 saturated carbocycles. The molecule has 1 aliphatic carbocycles. The van der Waals surface area contributed by atoms with Crippen LogP contribution in [0.15, 0.2) is 90.0 Å². The fourth-order valence-electron chi connectivity index (χ4n) is 5.94. The van der Waals surface area contributed by atoms with Gasteiger partial charge in [0.25, 0.3) is 20.1 Å². The second-order valence-corrected chi connectivity index (χ2v) is 15.0. The van der Waals surface area contributed by atoms with Crippen molar-refractivity contribution in [3.8, 4) is 0 Å². The number of hydrogen-bond acceptors (Lipinski definition) is 4. The molecule has 1 aliphatic heterocycles. The summed E-state index contributed by atoms with van der Waals surface area (Å²) in [7, 11) is -2.92. The summed E-state index contributed by atoms with van der Waals surface area (Å²) in [5.74, 6) is -0.590. The van der Waals surface area contributed by atoms with Crippen molar-refractivity contribution in [1.29, 1.82) is 0 Å². The minimum atomic E-state index is -2.92. The van der Waals surface area contributed by atoms with Crippen molar-refractivity contribution in [3.63, 3.8) is 0 Å². The normalized spacial score (nSPS) is 21.6. The zero-order valence-electron chi connectivity index (χ0n) is 21.2. The fraction of sp³-hybridized carbons (Fsp3) is 0.310. The lowest BCUT2D eigenvalue weighted by molar-refractivity contribution is 0.0577. The first-order chi connectivity index (χ1) is 17.8. The molecule has 3 aromatic rings. The van der Waals surface area contributed by atoms with Gasteiger partial charge in [-0.3, -0.25) is 14.5 Å². The molecular weight excluding hydrogens is 480 g/mol. The first-order valence-electron chi connectivity index (χ1n) is 12.6.